The Balaban J connectivity index is 1.89. The zero-order chi connectivity index (χ0) is 18.3. The van der Waals surface area contributed by atoms with E-state index in [2.05, 4.69) is 0 Å². The van der Waals surface area contributed by atoms with Crippen LogP contribution in [0, 0.1) is 19.7 Å². The molecular formula is C23H18FNO. The van der Waals surface area contributed by atoms with Crippen LogP contribution in [0.4, 0.5) is 10.1 Å². The monoisotopic (exact) mass is 343 g/mol. The number of hydrogen-bond acceptors (Lipinski definition) is 1. The first-order valence-electron chi connectivity index (χ1n) is 8.52. The minimum Gasteiger partial charge on any atom is -0.276 e. The van der Waals surface area contributed by atoms with Gasteiger partial charge in [-0.2, -0.15) is 0 Å². The molecular weight excluding hydrogens is 325 g/mol. The van der Waals surface area contributed by atoms with Gasteiger partial charge >= 0.3 is 0 Å². The average Bonchev–Trinajstić information content (AvgIpc) is 2.89. The third-order valence-corrected chi connectivity index (χ3v) is 4.59. The summed E-state index contributed by atoms with van der Waals surface area (Å²) < 4.78 is 13.4. The molecule has 1 aliphatic heterocycles. The molecule has 0 bridgehead atoms. The van der Waals surface area contributed by atoms with Crippen LogP contribution in [0.15, 0.2) is 66.7 Å². The third kappa shape index (κ3) is 2.82. The van der Waals surface area contributed by atoms with Crippen molar-refractivity contribution in [2.75, 3.05) is 4.90 Å². The van der Waals surface area contributed by atoms with Crippen molar-refractivity contribution in [1.82, 2.24) is 0 Å². The molecule has 1 amide bonds. The van der Waals surface area contributed by atoms with Gasteiger partial charge in [0.15, 0.2) is 0 Å². The number of rotatable bonds is 2. The van der Waals surface area contributed by atoms with E-state index in [9.17, 15) is 9.18 Å². The number of benzene rings is 3. The Bertz CT molecular complexity index is 1020. The lowest BCUT2D eigenvalue weighted by Gasteiger charge is -2.19. The summed E-state index contributed by atoms with van der Waals surface area (Å²) in [5, 5.41) is 0. The van der Waals surface area contributed by atoms with Gasteiger partial charge in [-0.15, -0.1) is 0 Å². The van der Waals surface area contributed by atoms with Crippen molar-refractivity contribution in [3.63, 3.8) is 0 Å². The average molecular weight is 343 g/mol. The largest absolute Gasteiger partial charge is 0.276 e. The lowest BCUT2D eigenvalue weighted by Crippen LogP contribution is -2.22. The third-order valence-electron chi connectivity index (χ3n) is 4.59. The van der Waals surface area contributed by atoms with Crippen molar-refractivity contribution in [2.45, 2.75) is 13.8 Å². The van der Waals surface area contributed by atoms with Crippen LogP contribution in [0.2, 0.25) is 0 Å². The molecule has 0 aliphatic carbocycles. The van der Waals surface area contributed by atoms with E-state index in [-0.39, 0.29) is 11.7 Å². The van der Waals surface area contributed by atoms with E-state index in [4.69, 9.17) is 0 Å². The highest BCUT2D eigenvalue weighted by molar-refractivity contribution is 6.24. The Hall–Kier alpha value is -3.20. The van der Waals surface area contributed by atoms with E-state index in [0.29, 0.717) is 11.3 Å². The van der Waals surface area contributed by atoms with Gasteiger partial charge in [0.25, 0.3) is 5.91 Å². The van der Waals surface area contributed by atoms with Gasteiger partial charge in [-0.05, 0) is 55.8 Å². The molecule has 0 atom stereocenters. The van der Waals surface area contributed by atoms with E-state index in [0.717, 1.165) is 22.4 Å². The van der Waals surface area contributed by atoms with Gasteiger partial charge in [0, 0.05) is 16.8 Å². The molecule has 0 saturated heterocycles. The molecule has 3 heteroatoms. The van der Waals surface area contributed by atoms with E-state index in [1.807, 2.05) is 62.4 Å². The van der Waals surface area contributed by atoms with Gasteiger partial charge in [-0.25, -0.2) is 4.39 Å². The van der Waals surface area contributed by atoms with Crippen molar-refractivity contribution in [1.29, 1.82) is 0 Å². The van der Waals surface area contributed by atoms with Crippen molar-refractivity contribution >= 4 is 23.4 Å². The van der Waals surface area contributed by atoms with Crippen molar-refractivity contribution < 1.29 is 9.18 Å². The standard InChI is InChI=1S/C23H18FNO/c1-15-3-6-17(7-4-15)14-22-20-12-5-16(2)13-21(20)23(26)25(22)19-10-8-18(24)9-11-19/h3-14H,1-2H3. The number of carbonyl (C=O) groups excluding carboxylic acids is 1. The Morgan fingerprint density at radius 2 is 1.46 bits per heavy atom. The van der Waals surface area contributed by atoms with Crippen molar-refractivity contribution in [3.05, 3.63) is 100 Å². The number of aryl methyl sites for hydroxylation is 2. The first-order valence-corrected chi connectivity index (χ1v) is 8.52. The lowest BCUT2D eigenvalue weighted by molar-refractivity contribution is 0.101. The molecule has 3 aromatic carbocycles. The number of halogens is 1. The number of anilines is 1. The van der Waals surface area contributed by atoms with Gasteiger partial charge in [0.1, 0.15) is 5.82 Å². The van der Waals surface area contributed by atoms with Crippen LogP contribution in [-0.2, 0) is 0 Å². The highest BCUT2D eigenvalue weighted by atomic mass is 19.1. The molecule has 0 radical (unpaired) electrons. The number of amides is 1. The summed E-state index contributed by atoms with van der Waals surface area (Å²) in [6.07, 6.45) is 2.00. The molecule has 0 unspecified atom stereocenters. The van der Waals surface area contributed by atoms with Crippen molar-refractivity contribution in [2.24, 2.45) is 0 Å². The maximum Gasteiger partial charge on any atom is 0.263 e. The number of nitrogens with zero attached hydrogens (tertiary/aromatic N) is 1. The second-order valence-electron chi connectivity index (χ2n) is 6.61. The summed E-state index contributed by atoms with van der Waals surface area (Å²) in [6, 6.07) is 20.1. The number of carbonyl (C=O) groups is 1. The zero-order valence-corrected chi connectivity index (χ0v) is 14.7. The summed E-state index contributed by atoms with van der Waals surface area (Å²) in [4.78, 5) is 14.7. The fourth-order valence-electron chi connectivity index (χ4n) is 3.22. The highest BCUT2D eigenvalue weighted by Crippen LogP contribution is 2.38. The Morgan fingerprint density at radius 1 is 0.808 bits per heavy atom. The van der Waals surface area contributed by atoms with Crippen LogP contribution in [0.3, 0.4) is 0 Å². The first kappa shape index (κ1) is 16.3. The fourth-order valence-corrected chi connectivity index (χ4v) is 3.22. The maximum atomic E-state index is 13.4. The van der Waals surface area contributed by atoms with Crippen LogP contribution in [-0.4, -0.2) is 5.91 Å². The Labute approximate surface area is 152 Å². The summed E-state index contributed by atoms with van der Waals surface area (Å²) in [6.45, 7) is 4.01. The van der Waals surface area contributed by atoms with E-state index < -0.39 is 0 Å². The topological polar surface area (TPSA) is 20.3 Å². The molecule has 0 aromatic heterocycles. The SMILES string of the molecule is Cc1ccc(C=C2c3ccc(C)cc3C(=O)N2c2ccc(F)cc2)cc1. The van der Waals surface area contributed by atoms with E-state index in [1.54, 1.807) is 17.0 Å². The van der Waals surface area contributed by atoms with Crippen molar-refractivity contribution in [3.8, 4) is 0 Å². The lowest BCUT2D eigenvalue weighted by atomic mass is 10.0. The minimum absolute atomic E-state index is 0.0892. The van der Waals surface area contributed by atoms with Crippen LogP contribution in [0.5, 0.6) is 0 Å². The summed E-state index contributed by atoms with van der Waals surface area (Å²) >= 11 is 0. The normalized spacial score (nSPS) is 14.8. The van der Waals surface area contributed by atoms with Crippen LogP contribution < -0.4 is 4.90 Å². The molecule has 0 saturated carbocycles. The molecule has 0 fully saturated rings. The quantitative estimate of drug-likeness (QED) is 0.593. The Kier molecular flexibility index (Phi) is 3.92. The first-order chi connectivity index (χ1) is 12.5. The van der Waals surface area contributed by atoms with Gasteiger partial charge in [0.05, 0.1) is 5.70 Å². The zero-order valence-electron chi connectivity index (χ0n) is 14.7. The van der Waals surface area contributed by atoms with Gasteiger partial charge in [-0.3, -0.25) is 9.69 Å². The molecule has 1 aliphatic rings. The molecule has 26 heavy (non-hydrogen) atoms. The summed E-state index contributed by atoms with van der Waals surface area (Å²) in [5.74, 6) is -0.411. The van der Waals surface area contributed by atoms with E-state index >= 15 is 0 Å². The molecule has 128 valence electrons. The molecule has 4 rings (SSSR count). The summed E-state index contributed by atoms with van der Waals surface area (Å²) in [7, 11) is 0. The maximum absolute atomic E-state index is 13.4. The van der Waals surface area contributed by atoms with E-state index in [1.165, 1.54) is 17.7 Å². The molecule has 0 N–H and O–H groups in total. The highest BCUT2D eigenvalue weighted by Gasteiger charge is 2.33. The Morgan fingerprint density at radius 3 is 2.15 bits per heavy atom. The van der Waals surface area contributed by atoms with Crippen LogP contribution in [0.25, 0.3) is 11.8 Å². The fraction of sp³-hybridized carbons (Fsp3) is 0.0870. The van der Waals surface area contributed by atoms with Gasteiger partial charge in [-0.1, -0.05) is 47.5 Å². The summed E-state index contributed by atoms with van der Waals surface area (Å²) in [5.41, 5.74) is 6.26. The second-order valence-corrected chi connectivity index (χ2v) is 6.61. The smallest absolute Gasteiger partial charge is 0.263 e. The predicted octanol–water partition coefficient (Wildman–Crippen LogP) is 5.60. The molecule has 1 heterocycles. The molecule has 0 spiro atoms. The van der Waals surface area contributed by atoms with Gasteiger partial charge in [0.2, 0.25) is 0 Å². The molecule has 2 nitrogen and oxygen atoms in total. The van der Waals surface area contributed by atoms with Crippen LogP contribution in [0.1, 0.15) is 32.6 Å². The minimum atomic E-state index is -0.321. The van der Waals surface area contributed by atoms with Gasteiger partial charge < -0.3 is 0 Å². The number of hydrogen-bond donors (Lipinski definition) is 0. The van der Waals surface area contributed by atoms with Crippen LogP contribution >= 0.6 is 0 Å². The second kappa shape index (κ2) is 6.26. The number of fused-ring (bicyclic) bond motifs is 1. The predicted molar refractivity (Wildman–Crippen MR) is 103 cm³/mol. The molecule has 3 aromatic rings.